The summed E-state index contributed by atoms with van der Waals surface area (Å²) in [6.07, 6.45) is 0. The number of benzene rings is 1. The number of methoxy groups -OCH3 is 1. The maximum absolute atomic E-state index is 5.90. The smallest absolute Gasteiger partial charge is 0.223 e. The average Bonchev–Trinajstić information content (AvgIpc) is 2.16. The molecule has 0 spiro atoms. The molecule has 0 bridgehead atoms. The van der Waals surface area contributed by atoms with E-state index in [0.717, 1.165) is 0 Å². The summed E-state index contributed by atoms with van der Waals surface area (Å²) in [5.41, 5.74) is 16.3. The lowest BCUT2D eigenvalue weighted by Crippen LogP contribution is -2.26. The van der Waals surface area contributed by atoms with E-state index in [1.165, 1.54) is 7.11 Å². The third-order valence-corrected chi connectivity index (χ3v) is 1.93. The first-order valence-corrected chi connectivity index (χ1v) is 4.68. The van der Waals surface area contributed by atoms with Gasteiger partial charge < -0.3 is 21.9 Å². The van der Waals surface area contributed by atoms with Crippen molar-refractivity contribution in [1.29, 1.82) is 0 Å². The highest BCUT2D eigenvalue weighted by atomic mass is 35.5. The highest BCUT2D eigenvalue weighted by Gasteiger charge is 2.06. The van der Waals surface area contributed by atoms with Gasteiger partial charge in [-0.05, 0) is 12.1 Å². The fraction of sp³-hybridized carbons (Fsp3) is 0.111. The molecular formula is C9H12ClN5O. The van der Waals surface area contributed by atoms with Crippen molar-refractivity contribution in [2.45, 2.75) is 0 Å². The number of ether oxygens (including phenoxy) is 1. The molecule has 6 N–H and O–H groups in total. The average molecular weight is 242 g/mol. The summed E-state index contributed by atoms with van der Waals surface area (Å²) >= 11 is 5.90. The second-order valence-corrected chi connectivity index (χ2v) is 3.21. The standard InChI is InChI=1S/C9H12ClN5O/c1-16-7-5(10)3-2-4-6(7)14-9(13)15-8(11)12/h2-4H,1H3,(H6,11,12,13,14,15). The van der Waals surface area contributed by atoms with Crippen LogP contribution in [0.4, 0.5) is 5.69 Å². The predicted octanol–water partition coefficient (Wildman–Crippen LogP) is 0.568. The Morgan fingerprint density at radius 3 is 2.56 bits per heavy atom. The molecule has 0 saturated carbocycles. The van der Waals surface area contributed by atoms with Gasteiger partial charge in [0, 0.05) is 0 Å². The fourth-order valence-electron chi connectivity index (χ4n) is 1.07. The number of nitrogens with zero attached hydrogens (tertiary/aromatic N) is 2. The minimum atomic E-state index is -0.165. The van der Waals surface area contributed by atoms with Crippen LogP contribution in [0, 0.1) is 0 Å². The Morgan fingerprint density at radius 1 is 1.31 bits per heavy atom. The largest absolute Gasteiger partial charge is 0.493 e. The van der Waals surface area contributed by atoms with E-state index in [0.29, 0.717) is 16.5 Å². The molecule has 6 nitrogen and oxygen atoms in total. The molecule has 16 heavy (non-hydrogen) atoms. The predicted molar refractivity (Wildman–Crippen MR) is 65.1 cm³/mol. The first-order chi connectivity index (χ1) is 7.54. The van der Waals surface area contributed by atoms with E-state index >= 15 is 0 Å². The van der Waals surface area contributed by atoms with Gasteiger partial charge in [0.2, 0.25) is 5.96 Å². The van der Waals surface area contributed by atoms with Crippen LogP contribution in [0.1, 0.15) is 0 Å². The number of halogens is 1. The lowest BCUT2D eigenvalue weighted by molar-refractivity contribution is 0.416. The number of hydrogen-bond acceptors (Lipinski definition) is 2. The van der Waals surface area contributed by atoms with Crippen LogP contribution in [0.15, 0.2) is 28.2 Å². The van der Waals surface area contributed by atoms with Crippen LogP contribution in [0.3, 0.4) is 0 Å². The van der Waals surface area contributed by atoms with Crippen LogP contribution in [0.2, 0.25) is 5.02 Å². The third kappa shape index (κ3) is 3.03. The quantitative estimate of drug-likeness (QED) is 0.519. The van der Waals surface area contributed by atoms with Gasteiger partial charge in [-0.3, -0.25) is 0 Å². The van der Waals surface area contributed by atoms with Crippen LogP contribution in [-0.4, -0.2) is 19.0 Å². The second kappa shape index (κ2) is 5.22. The van der Waals surface area contributed by atoms with Crippen LogP contribution in [0.25, 0.3) is 0 Å². The number of para-hydroxylation sites is 1. The van der Waals surface area contributed by atoms with E-state index < -0.39 is 0 Å². The van der Waals surface area contributed by atoms with E-state index in [2.05, 4.69) is 9.98 Å². The zero-order valence-electron chi connectivity index (χ0n) is 8.64. The van der Waals surface area contributed by atoms with Gasteiger partial charge in [-0.2, -0.15) is 4.99 Å². The topological polar surface area (TPSA) is 112 Å². The molecule has 86 valence electrons. The highest BCUT2D eigenvalue weighted by Crippen LogP contribution is 2.34. The van der Waals surface area contributed by atoms with Gasteiger partial charge in [-0.15, -0.1) is 0 Å². The maximum atomic E-state index is 5.90. The summed E-state index contributed by atoms with van der Waals surface area (Å²) in [6.45, 7) is 0. The zero-order valence-corrected chi connectivity index (χ0v) is 9.40. The molecule has 0 aliphatic rings. The van der Waals surface area contributed by atoms with Crippen molar-refractivity contribution in [3.05, 3.63) is 23.2 Å². The molecule has 0 saturated heterocycles. The Bertz CT molecular complexity index is 440. The van der Waals surface area contributed by atoms with Crippen LogP contribution in [0.5, 0.6) is 5.75 Å². The molecule has 1 aromatic carbocycles. The second-order valence-electron chi connectivity index (χ2n) is 2.80. The summed E-state index contributed by atoms with van der Waals surface area (Å²) in [5.74, 6) is 0.181. The van der Waals surface area contributed by atoms with Gasteiger partial charge in [-0.25, -0.2) is 4.99 Å². The summed E-state index contributed by atoms with van der Waals surface area (Å²) in [4.78, 5) is 7.55. The molecule has 0 amide bonds. The summed E-state index contributed by atoms with van der Waals surface area (Å²) < 4.78 is 5.08. The molecule has 1 aromatic rings. The number of rotatable bonds is 2. The lowest BCUT2D eigenvalue weighted by atomic mass is 10.3. The molecule has 7 heteroatoms. The first-order valence-electron chi connectivity index (χ1n) is 4.31. The van der Waals surface area contributed by atoms with Crippen molar-refractivity contribution >= 4 is 29.2 Å². The van der Waals surface area contributed by atoms with Gasteiger partial charge in [0.25, 0.3) is 0 Å². The summed E-state index contributed by atoms with van der Waals surface area (Å²) in [6, 6.07) is 5.07. The molecule has 0 atom stereocenters. The van der Waals surface area contributed by atoms with Crippen LogP contribution >= 0.6 is 11.6 Å². The Labute approximate surface area is 97.8 Å². The van der Waals surface area contributed by atoms with Gasteiger partial charge >= 0.3 is 0 Å². The van der Waals surface area contributed by atoms with Crippen LogP contribution < -0.4 is 21.9 Å². The van der Waals surface area contributed by atoms with Gasteiger partial charge in [0.05, 0.1) is 12.1 Å². The molecule has 0 unspecified atom stereocenters. The SMILES string of the molecule is COc1c(Cl)cccc1N=C(N)N=C(N)N. The summed E-state index contributed by atoms with van der Waals surface area (Å²) in [7, 11) is 1.48. The molecule has 1 rings (SSSR count). The van der Waals surface area contributed by atoms with Crippen molar-refractivity contribution in [2.24, 2.45) is 27.2 Å². The highest BCUT2D eigenvalue weighted by molar-refractivity contribution is 6.32. The van der Waals surface area contributed by atoms with E-state index in [1.54, 1.807) is 18.2 Å². The maximum Gasteiger partial charge on any atom is 0.223 e. The number of nitrogens with two attached hydrogens (primary N) is 3. The molecule has 0 aromatic heterocycles. The van der Waals surface area contributed by atoms with Crippen molar-refractivity contribution in [2.75, 3.05) is 7.11 Å². The molecule has 0 fully saturated rings. The van der Waals surface area contributed by atoms with E-state index in [9.17, 15) is 0 Å². The molecule has 0 radical (unpaired) electrons. The molecule has 0 aliphatic heterocycles. The number of guanidine groups is 2. The Morgan fingerprint density at radius 2 is 2.00 bits per heavy atom. The Kier molecular flexibility index (Phi) is 3.96. The minimum Gasteiger partial charge on any atom is -0.493 e. The normalized spacial score (nSPS) is 11.0. The van der Waals surface area contributed by atoms with Crippen molar-refractivity contribution < 1.29 is 4.74 Å². The van der Waals surface area contributed by atoms with Crippen LogP contribution in [-0.2, 0) is 0 Å². The zero-order chi connectivity index (χ0) is 12.1. The number of aliphatic imine (C=N–C) groups is 2. The van der Waals surface area contributed by atoms with Crippen molar-refractivity contribution in [1.82, 2.24) is 0 Å². The van der Waals surface area contributed by atoms with Gasteiger partial charge in [-0.1, -0.05) is 17.7 Å². The summed E-state index contributed by atoms with van der Waals surface area (Å²) in [5, 5.41) is 0.432. The molecule has 0 aliphatic carbocycles. The Balaban J connectivity index is 3.15. The van der Waals surface area contributed by atoms with Gasteiger partial charge in [0.1, 0.15) is 5.69 Å². The molecule has 0 heterocycles. The Hall–Kier alpha value is -1.95. The fourth-order valence-corrected chi connectivity index (χ4v) is 1.31. The third-order valence-electron chi connectivity index (χ3n) is 1.63. The monoisotopic (exact) mass is 241 g/mol. The molecular weight excluding hydrogens is 230 g/mol. The van der Waals surface area contributed by atoms with E-state index in [-0.39, 0.29) is 11.9 Å². The minimum absolute atomic E-state index is 0.0689. The van der Waals surface area contributed by atoms with Crippen molar-refractivity contribution in [3.8, 4) is 5.75 Å². The van der Waals surface area contributed by atoms with Gasteiger partial charge in [0.15, 0.2) is 11.7 Å². The number of hydrogen-bond donors (Lipinski definition) is 3. The lowest BCUT2D eigenvalue weighted by Gasteiger charge is -2.05. The first kappa shape index (κ1) is 12.1. The van der Waals surface area contributed by atoms with E-state index in [4.69, 9.17) is 33.5 Å². The van der Waals surface area contributed by atoms with E-state index in [1.807, 2.05) is 0 Å². The van der Waals surface area contributed by atoms with Crippen molar-refractivity contribution in [3.63, 3.8) is 0 Å².